The van der Waals surface area contributed by atoms with Crippen LogP contribution in [0.2, 0.25) is 0 Å². The Hall–Kier alpha value is -1.66. The summed E-state index contributed by atoms with van der Waals surface area (Å²) in [7, 11) is 0. The number of hydrogen-bond donors (Lipinski definition) is 2. The van der Waals surface area contributed by atoms with E-state index in [9.17, 15) is 0 Å². The first kappa shape index (κ1) is 15.2. The largest absolute Gasteiger partial charge is 0.394 e. The van der Waals surface area contributed by atoms with Crippen LogP contribution in [-0.2, 0) is 26.1 Å². The molecule has 6 nitrogen and oxygen atoms in total. The number of imidazole rings is 1. The molecule has 0 aliphatic carbocycles. The Labute approximate surface area is 131 Å². The van der Waals surface area contributed by atoms with Crippen molar-refractivity contribution in [2.45, 2.75) is 59.3 Å². The van der Waals surface area contributed by atoms with Crippen LogP contribution in [0.4, 0.5) is 0 Å². The van der Waals surface area contributed by atoms with Gasteiger partial charge in [0.25, 0.3) is 0 Å². The quantitative estimate of drug-likeness (QED) is 0.868. The predicted octanol–water partition coefficient (Wildman–Crippen LogP) is 1.10. The summed E-state index contributed by atoms with van der Waals surface area (Å²) in [6, 6.07) is 0.473. The van der Waals surface area contributed by atoms with Gasteiger partial charge in [-0.25, -0.2) is 4.98 Å². The molecule has 2 aromatic rings. The molecule has 0 saturated heterocycles. The van der Waals surface area contributed by atoms with Crippen LogP contribution < -0.4 is 5.32 Å². The second-order valence-corrected chi connectivity index (χ2v) is 6.16. The van der Waals surface area contributed by atoms with E-state index in [1.165, 1.54) is 11.4 Å². The summed E-state index contributed by atoms with van der Waals surface area (Å²) in [6.07, 6.45) is 4.30. The lowest BCUT2D eigenvalue weighted by atomic mass is 10.1. The summed E-state index contributed by atoms with van der Waals surface area (Å²) >= 11 is 0. The van der Waals surface area contributed by atoms with E-state index in [4.69, 9.17) is 5.11 Å². The zero-order valence-corrected chi connectivity index (χ0v) is 13.6. The van der Waals surface area contributed by atoms with Gasteiger partial charge >= 0.3 is 0 Å². The molecule has 0 saturated carbocycles. The van der Waals surface area contributed by atoms with Crippen LogP contribution in [-0.4, -0.2) is 37.1 Å². The fourth-order valence-electron chi connectivity index (χ4n) is 3.30. The van der Waals surface area contributed by atoms with Crippen LogP contribution in [0.3, 0.4) is 0 Å². The van der Waals surface area contributed by atoms with Gasteiger partial charge in [-0.2, -0.15) is 5.10 Å². The van der Waals surface area contributed by atoms with E-state index < -0.39 is 0 Å². The van der Waals surface area contributed by atoms with Crippen LogP contribution in [0.1, 0.15) is 34.9 Å². The monoisotopic (exact) mass is 303 g/mol. The van der Waals surface area contributed by atoms with Gasteiger partial charge in [-0.15, -0.1) is 0 Å². The Balaban J connectivity index is 1.64. The highest BCUT2D eigenvalue weighted by molar-refractivity contribution is 5.24. The molecule has 1 atom stereocenters. The third-order valence-electron chi connectivity index (χ3n) is 4.52. The molecule has 0 aromatic carbocycles. The maximum Gasteiger partial charge on any atom is 0.109 e. The van der Waals surface area contributed by atoms with E-state index in [2.05, 4.69) is 40.0 Å². The predicted molar refractivity (Wildman–Crippen MR) is 84.7 cm³/mol. The number of aliphatic hydroxyl groups excluding tert-OH is 1. The number of rotatable bonds is 5. The summed E-state index contributed by atoms with van der Waals surface area (Å²) in [5.41, 5.74) is 4.55. The van der Waals surface area contributed by atoms with E-state index in [0.717, 1.165) is 43.0 Å². The van der Waals surface area contributed by atoms with Crippen molar-refractivity contribution in [1.82, 2.24) is 24.6 Å². The van der Waals surface area contributed by atoms with E-state index in [1.807, 2.05) is 11.6 Å². The normalized spacial score (nSPS) is 17.7. The van der Waals surface area contributed by atoms with Crippen molar-refractivity contribution >= 4 is 0 Å². The summed E-state index contributed by atoms with van der Waals surface area (Å²) in [5, 5.41) is 17.3. The van der Waals surface area contributed by atoms with Crippen molar-refractivity contribution in [3.8, 4) is 0 Å². The molecule has 6 heteroatoms. The molecule has 2 aromatic heterocycles. The van der Waals surface area contributed by atoms with Crippen molar-refractivity contribution in [2.75, 3.05) is 6.61 Å². The summed E-state index contributed by atoms with van der Waals surface area (Å²) < 4.78 is 4.16. The first-order valence-electron chi connectivity index (χ1n) is 7.98. The first-order chi connectivity index (χ1) is 10.6. The molecule has 120 valence electrons. The molecule has 0 fully saturated rings. The minimum absolute atomic E-state index is 0.125. The Bertz CT molecular complexity index is 658. The zero-order chi connectivity index (χ0) is 15.7. The van der Waals surface area contributed by atoms with Crippen LogP contribution in [0.15, 0.2) is 6.20 Å². The number of hydrogen-bond acceptors (Lipinski definition) is 4. The van der Waals surface area contributed by atoms with Crippen LogP contribution >= 0.6 is 0 Å². The minimum Gasteiger partial charge on any atom is -0.394 e. The lowest BCUT2D eigenvalue weighted by molar-refractivity contribution is 0.267. The Morgan fingerprint density at radius 2 is 2.18 bits per heavy atom. The molecule has 3 rings (SSSR count). The fraction of sp³-hybridized carbons (Fsp3) is 0.625. The van der Waals surface area contributed by atoms with Crippen molar-refractivity contribution in [3.05, 3.63) is 34.7 Å². The molecule has 1 unspecified atom stereocenters. The zero-order valence-electron chi connectivity index (χ0n) is 13.6. The lowest BCUT2D eigenvalue weighted by Gasteiger charge is -2.25. The van der Waals surface area contributed by atoms with Gasteiger partial charge in [-0.3, -0.25) is 4.68 Å². The van der Waals surface area contributed by atoms with Gasteiger partial charge in [-0.05, 0) is 27.2 Å². The standard InChI is InChI=1S/C16H25N5O/c1-11-9-20-10-14(4-5-16(20)18-11)17-8-15-12(2)19-21(6-7-22)13(15)3/h9,14,17,22H,4-8,10H2,1-3H3. The SMILES string of the molecule is Cc1cn2c(n1)CCC(NCc1c(C)nn(CCO)c1C)C2. The van der Waals surface area contributed by atoms with Crippen molar-refractivity contribution < 1.29 is 5.11 Å². The Morgan fingerprint density at radius 1 is 1.36 bits per heavy atom. The van der Waals surface area contributed by atoms with Crippen molar-refractivity contribution in [2.24, 2.45) is 0 Å². The molecule has 1 aliphatic heterocycles. The van der Waals surface area contributed by atoms with Gasteiger partial charge in [0.15, 0.2) is 0 Å². The summed E-state index contributed by atoms with van der Waals surface area (Å²) in [4.78, 5) is 4.55. The molecule has 0 radical (unpaired) electrons. The molecule has 0 bridgehead atoms. The number of aliphatic hydroxyl groups is 1. The van der Waals surface area contributed by atoms with E-state index in [0.29, 0.717) is 12.6 Å². The first-order valence-corrected chi connectivity index (χ1v) is 7.98. The molecule has 22 heavy (non-hydrogen) atoms. The molecule has 2 N–H and O–H groups in total. The molecular formula is C16H25N5O. The van der Waals surface area contributed by atoms with Crippen molar-refractivity contribution in [1.29, 1.82) is 0 Å². The minimum atomic E-state index is 0.125. The van der Waals surface area contributed by atoms with Crippen molar-refractivity contribution in [3.63, 3.8) is 0 Å². The second kappa shape index (κ2) is 6.22. The number of fused-ring (bicyclic) bond motifs is 1. The summed E-state index contributed by atoms with van der Waals surface area (Å²) in [6.45, 7) is 8.67. The van der Waals surface area contributed by atoms with Gasteiger partial charge in [0.05, 0.1) is 24.5 Å². The number of nitrogens with zero attached hydrogens (tertiary/aromatic N) is 4. The van der Waals surface area contributed by atoms with Crippen LogP contribution in [0.25, 0.3) is 0 Å². The number of nitrogens with one attached hydrogen (secondary N) is 1. The topological polar surface area (TPSA) is 67.9 Å². The summed E-state index contributed by atoms with van der Waals surface area (Å²) in [5.74, 6) is 1.21. The molecule has 1 aliphatic rings. The average molecular weight is 303 g/mol. The van der Waals surface area contributed by atoms with Gasteiger partial charge in [-0.1, -0.05) is 0 Å². The average Bonchev–Trinajstić information content (AvgIpc) is 2.97. The molecule has 0 amide bonds. The van der Waals surface area contributed by atoms with Gasteiger partial charge in [0.1, 0.15) is 5.82 Å². The maximum absolute atomic E-state index is 9.09. The molecule has 0 spiro atoms. The Kier molecular flexibility index (Phi) is 4.31. The van der Waals surface area contributed by atoms with Gasteiger partial charge in [0.2, 0.25) is 0 Å². The highest BCUT2D eigenvalue weighted by Crippen LogP contribution is 2.17. The van der Waals surface area contributed by atoms with E-state index >= 15 is 0 Å². The van der Waals surface area contributed by atoms with Crippen LogP contribution in [0, 0.1) is 20.8 Å². The maximum atomic E-state index is 9.09. The number of aromatic nitrogens is 4. The van der Waals surface area contributed by atoms with E-state index in [-0.39, 0.29) is 6.61 Å². The van der Waals surface area contributed by atoms with Gasteiger partial charge < -0.3 is 15.0 Å². The second-order valence-electron chi connectivity index (χ2n) is 6.16. The third kappa shape index (κ3) is 2.94. The van der Waals surface area contributed by atoms with Gasteiger partial charge in [0, 0.05) is 43.0 Å². The Morgan fingerprint density at radius 3 is 2.95 bits per heavy atom. The molecular weight excluding hydrogens is 278 g/mol. The number of aryl methyl sites for hydroxylation is 3. The fourth-order valence-corrected chi connectivity index (χ4v) is 3.30. The highest BCUT2D eigenvalue weighted by atomic mass is 16.3. The third-order valence-corrected chi connectivity index (χ3v) is 4.52. The lowest BCUT2D eigenvalue weighted by Crippen LogP contribution is -2.37. The molecule has 3 heterocycles. The van der Waals surface area contributed by atoms with Crippen LogP contribution in [0.5, 0.6) is 0 Å². The smallest absolute Gasteiger partial charge is 0.109 e. The van der Waals surface area contributed by atoms with E-state index in [1.54, 1.807) is 0 Å². The highest BCUT2D eigenvalue weighted by Gasteiger charge is 2.20.